The van der Waals surface area contributed by atoms with Gasteiger partial charge >= 0.3 is 5.92 Å². The van der Waals surface area contributed by atoms with Gasteiger partial charge in [0.1, 0.15) is 23.3 Å². The average molecular weight is 984 g/mol. The Morgan fingerprint density at radius 2 is 1.63 bits per heavy atom. The molecule has 1 saturated carbocycles. The third-order valence-corrected chi connectivity index (χ3v) is 14.8. The first-order valence-electron chi connectivity index (χ1n) is 23.8. The summed E-state index contributed by atoms with van der Waals surface area (Å²) in [5.41, 5.74) is 0.698. The highest BCUT2D eigenvalue weighted by molar-refractivity contribution is 6.25. The minimum atomic E-state index is -3.66. The lowest BCUT2D eigenvalue weighted by molar-refractivity contribution is -0.145. The van der Waals surface area contributed by atoms with E-state index < -0.39 is 65.8 Å². The van der Waals surface area contributed by atoms with Gasteiger partial charge in [0.25, 0.3) is 23.6 Å². The van der Waals surface area contributed by atoms with Crippen LogP contribution in [0.3, 0.4) is 0 Å². The maximum Gasteiger partial charge on any atom is 0.342 e. The number of imide groups is 2. The van der Waals surface area contributed by atoms with Crippen LogP contribution in [0.5, 0.6) is 5.75 Å². The fraction of sp³-hybridized carbons (Fsp3) is 0.500. The van der Waals surface area contributed by atoms with Crippen LogP contribution in [-0.4, -0.2) is 156 Å². The number of anilines is 5. The number of benzene rings is 2. The Morgan fingerprint density at radius 1 is 0.901 bits per heavy atom. The summed E-state index contributed by atoms with van der Waals surface area (Å²) in [5.74, 6) is -9.05. The number of rotatable bonds is 12. The zero-order valence-corrected chi connectivity index (χ0v) is 39.1. The molecule has 8 amide bonds. The van der Waals surface area contributed by atoms with Crippen LogP contribution in [0.15, 0.2) is 36.5 Å². The molecule has 1 unspecified atom stereocenters. The van der Waals surface area contributed by atoms with Gasteiger partial charge in [0.2, 0.25) is 29.6 Å². The summed E-state index contributed by atoms with van der Waals surface area (Å²) in [6.07, 6.45) is 5.39. The number of nitrogens with one attached hydrogen (secondary N) is 3. The quantitative estimate of drug-likeness (QED) is 0.222. The van der Waals surface area contributed by atoms with Crippen LogP contribution >= 0.6 is 0 Å². The Labute approximate surface area is 405 Å². The number of halogens is 3. The van der Waals surface area contributed by atoms with Gasteiger partial charge in [-0.25, -0.2) is 9.37 Å². The van der Waals surface area contributed by atoms with Crippen molar-refractivity contribution in [3.8, 4) is 5.75 Å². The summed E-state index contributed by atoms with van der Waals surface area (Å²) in [7, 11) is 2.57. The van der Waals surface area contributed by atoms with E-state index in [1.165, 1.54) is 31.3 Å². The molecule has 7 aliphatic rings. The lowest BCUT2D eigenvalue weighted by Gasteiger charge is -2.61. The summed E-state index contributed by atoms with van der Waals surface area (Å²) in [5, 5.41) is 7.89. The molecule has 23 heteroatoms. The summed E-state index contributed by atoms with van der Waals surface area (Å²) in [4.78, 5) is 121. The number of fused-ring (bicyclic) bond motifs is 2. The van der Waals surface area contributed by atoms with E-state index in [2.05, 4.69) is 25.9 Å². The lowest BCUT2D eigenvalue weighted by atomic mass is 9.72. The molecule has 4 saturated heterocycles. The van der Waals surface area contributed by atoms with Crippen molar-refractivity contribution in [2.45, 2.75) is 88.3 Å². The molecule has 0 radical (unpaired) electrons. The number of ether oxygens (including phenoxy) is 1. The normalized spacial score (nSPS) is 22.5. The predicted octanol–water partition coefficient (Wildman–Crippen LogP) is 2.98. The van der Waals surface area contributed by atoms with Gasteiger partial charge in [-0.3, -0.25) is 48.6 Å². The fourth-order valence-corrected chi connectivity index (χ4v) is 11.1. The maximum absolute atomic E-state index is 15.7. The fourth-order valence-electron chi connectivity index (χ4n) is 11.1. The first kappa shape index (κ1) is 47.4. The number of hydrogen-bond acceptors (Lipinski definition) is 14. The van der Waals surface area contributed by atoms with E-state index >= 15 is 13.2 Å². The van der Waals surface area contributed by atoms with Gasteiger partial charge < -0.3 is 39.9 Å². The van der Waals surface area contributed by atoms with Crippen molar-refractivity contribution in [3.63, 3.8) is 0 Å². The second kappa shape index (κ2) is 18.1. The van der Waals surface area contributed by atoms with Gasteiger partial charge in [0.05, 0.1) is 47.9 Å². The van der Waals surface area contributed by atoms with Crippen molar-refractivity contribution < 1.29 is 56.3 Å². The van der Waals surface area contributed by atoms with E-state index in [1.54, 1.807) is 28.0 Å². The molecule has 374 valence electrons. The molecule has 1 spiro atoms. The number of carbonyl (C=O) groups is 8. The molecule has 2 atom stereocenters. The number of hydrogen-bond donors (Lipinski definition) is 3. The topological polar surface area (TPSA) is 227 Å². The van der Waals surface area contributed by atoms with Crippen molar-refractivity contribution in [1.82, 2.24) is 35.3 Å². The molecule has 6 aliphatic heterocycles. The number of aromatic nitrogens is 2. The highest BCUT2D eigenvalue weighted by Gasteiger charge is 2.55. The van der Waals surface area contributed by atoms with E-state index in [9.17, 15) is 38.4 Å². The van der Waals surface area contributed by atoms with Crippen LogP contribution in [0.4, 0.5) is 42.0 Å². The Morgan fingerprint density at radius 3 is 2.35 bits per heavy atom. The van der Waals surface area contributed by atoms with E-state index in [1.807, 2.05) is 4.90 Å². The van der Waals surface area contributed by atoms with Crippen LogP contribution in [0, 0.1) is 11.2 Å². The average Bonchev–Trinajstić information content (AvgIpc) is 4.07. The molecular weight excluding hydrogens is 932 g/mol. The van der Waals surface area contributed by atoms with E-state index in [0.29, 0.717) is 64.1 Å². The second-order valence-electron chi connectivity index (χ2n) is 19.6. The first-order valence-corrected chi connectivity index (χ1v) is 23.8. The van der Waals surface area contributed by atoms with Crippen LogP contribution < -0.4 is 35.4 Å². The zero-order chi connectivity index (χ0) is 50.1. The molecule has 20 nitrogen and oxygen atoms in total. The SMILES string of the molecule is COc1cc(C(=O)N[C@H]2CCN(C(=O)CCCC(=O)N3CC4(C3)CN(c3cccc5c3C(=O)N(C3CCC(=O)NC3=O)C5=O)C4)C2)c(F)cc1Nc1ncc2c(n1)N(C1CCCC1)CC(F)(F)C(=O)N2C. The summed E-state index contributed by atoms with van der Waals surface area (Å²) in [6, 6.07) is 5.47. The van der Waals surface area contributed by atoms with Crippen molar-refractivity contribution in [2.24, 2.45) is 5.41 Å². The molecular formula is C48H52F3N11O9. The molecule has 3 N–H and O–H groups in total. The molecule has 7 heterocycles. The smallest absolute Gasteiger partial charge is 0.342 e. The molecule has 0 bridgehead atoms. The monoisotopic (exact) mass is 983 g/mol. The van der Waals surface area contributed by atoms with Crippen LogP contribution in [0.1, 0.15) is 95.3 Å². The van der Waals surface area contributed by atoms with Gasteiger partial charge in [0.15, 0.2) is 5.82 Å². The Bertz CT molecular complexity index is 2770. The largest absolute Gasteiger partial charge is 0.495 e. The van der Waals surface area contributed by atoms with Gasteiger partial charge in [-0.15, -0.1) is 0 Å². The highest BCUT2D eigenvalue weighted by Crippen LogP contribution is 2.45. The Balaban J connectivity index is 0.684. The molecule has 3 aromatic rings. The highest BCUT2D eigenvalue weighted by atomic mass is 19.3. The number of likely N-dealkylation sites (tertiary alicyclic amines) is 2. The number of alkyl halides is 2. The van der Waals surface area contributed by atoms with Crippen molar-refractivity contribution >= 4 is 76.1 Å². The third kappa shape index (κ3) is 8.61. The Kier molecular flexibility index (Phi) is 12.1. The minimum Gasteiger partial charge on any atom is -0.495 e. The number of amides is 8. The predicted molar refractivity (Wildman–Crippen MR) is 247 cm³/mol. The summed E-state index contributed by atoms with van der Waals surface area (Å²) in [6.45, 7) is 1.85. The summed E-state index contributed by atoms with van der Waals surface area (Å²) < 4.78 is 51.3. The van der Waals surface area contributed by atoms with Gasteiger partial charge in [-0.05, 0) is 50.3 Å². The summed E-state index contributed by atoms with van der Waals surface area (Å²) >= 11 is 0. The van der Waals surface area contributed by atoms with Crippen molar-refractivity contribution in [1.29, 1.82) is 0 Å². The minimum absolute atomic E-state index is 0.0259. The third-order valence-electron chi connectivity index (χ3n) is 14.8. The zero-order valence-electron chi connectivity index (χ0n) is 39.1. The molecule has 71 heavy (non-hydrogen) atoms. The van der Waals surface area contributed by atoms with Gasteiger partial charge in [-0.2, -0.15) is 13.8 Å². The number of methoxy groups -OCH3 is 1. The van der Waals surface area contributed by atoms with Crippen LogP contribution in [-0.2, 0) is 24.0 Å². The van der Waals surface area contributed by atoms with E-state index in [-0.39, 0.29) is 101 Å². The van der Waals surface area contributed by atoms with E-state index in [4.69, 9.17) is 4.74 Å². The Hall–Kier alpha value is -7.33. The molecule has 1 aromatic heterocycles. The molecule has 5 fully saturated rings. The number of piperidine rings is 1. The number of carbonyl (C=O) groups excluding carboxylic acids is 8. The van der Waals surface area contributed by atoms with E-state index in [0.717, 1.165) is 28.7 Å². The molecule has 2 aromatic carbocycles. The molecule has 10 rings (SSSR count). The second-order valence-corrected chi connectivity index (χ2v) is 19.6. The van der Waals surface area contributed by atoms with Crippen LogP contribution in [0.25, 0.3) is 0 Å². The maximum atomic E-state index is 15.7. The lowest BCUT2D eigenvalue weighted by Crippen LogP contribution is -2.73. The van der Waals surface area contributed by atoms with Crippen LogP contribution in [0.2, 0.25) is 0 Å². The van der Waals surface area contributed by atoms with Gasteiger partial charge in [-0.1, -0.05) is 18.9 Å². The number of nitrogens with zero attached hydrogens (tertiary/aromatic N) is 8. The van der Waals surface area contributed by atoms with Crippen molar-refractivity contribution in [3.05, 3.63) is 59.0 Å². The van der Waals surface area contributed by atoms with Gasteiger partial charge in [0, 0.05) is 89.1 Å². The molecule has 1 aliphatic carbocycles. The van der Waals surface area contributed by atoms with Crippen molar-refractivity contribution in [2.75, 3.05) is 80.0 Å². The first-order chi connectivity index (χ1) is 33.9. The standard InChI is InChI=1S/C48H52F3N11O9/c1-57-34-19-52-46(56-40(34)61(27-7-3-4-8-27)25-48(50,51)45(57)70)54-31-18-30(49)29(17-35(31)71-2)41(66)53-26-15-16-58(20-26)37(64)11-6-12-38(65)60-23-47(24-60)21-59(22-47)32-10-5-9-28-39(32)44(69)62(43(28)68)33-13-14-36(63)55-42(33)67/h5,9-10,17-19,26-27,33H,3-4,6-8,11-16,20-25H2,1-2H3,(H,53,66)(H,52,54,56)(H,55,63,67)/t26-,33?/m0/s1.